The van der Waals surface area contributed by atoms with E-state index >= 15 is 0 Å². The number of phosphoric acid groups is 1. The molecule has 0 amide bonds. The number of ether oxygens (including phenoxy) is 3. The molecule has 0 bridgehead atoms. The average Bonchev–Trinajstić information content (AvgIpc) is 3.39. The van der Waals surface area contributed by atoms with Gasteiger partial charge in [-0.2, -0.15) is 0 Å². The van der Waals surface area contributed by atoms with E-state index in [1.807, 2.05) is 0 Å². The largest absolute Gasteiger partial charge is 0.472 e. The van der Waals surface area contributed by atoms with Crippen molar-refractivity contribution in [2.45, 2.75) is 264 Å². The second-order valence-electron chi connectivity index (χ2n) is 19.4. The van der Waals surface area contributed by atoms with Crippen LogP contribution in [0.2, 0.25) is 0 Å². The number of allylic oxidation sites excluding steroid dienone is 14. The summed E-state index contributed by atoms with van der Waals surface area (Å²) in [6.45, 7) is 4.37. The Morgan fingerprint density at radius 1 is 0.392 bits per heavy atom. The second-order valence-corrected chi connectivity index (χ2v) is 20.9. The highest BCUT2D eigenvalue weighted by Crippen LogP contribution is 2.43. The first-order valence-electron chi connectivity index (χ1n) is 29.5. The highest BCUT2D eigenvalue weighted by molar-refractivity contribution is 7.47. The maximum Gasteiger partial charge on any atom is 0.472 e. The smallest absolute Gasteiger partial charge is 0.462 e. The summed E-state index contributed by atoms with van der Waals surface area (Å²) in [7, 11) is -4.77. The Labute approximate surface area is 451 Å². The van der Waals surface area contributed by atoms with E-state index in [4.69, 9.17) is 23.3 Å². The average molecular weight is 1060 g/mol. The van der Waals surface area contributed by atoms with E-state index < -0.39 is 57.8 Å². The number of unbranched alkanes of at least 4 members (excludes halogenated alkanes) is 23. The van der Waals surface area contributed by atoms with Crippen molar-refractivity contribution in [3.63, 3.8) is 0 Å². The molecule has 0 aliphatic heterocycles. The molecule has 0 fully saturated rings. The molecule has 11 nitrogen and oxygen atoms in total. The molecule has 3 unspecified atom stereocenters. The van der Waals surface area contributed by atoms with Crippen LogP contribution in [-0.4, -0.2) is 66.5 Å². The van der Waals surface area contributed by atoms with E-state index in [1.165, 1.54) is 83.5 Å². The molecule has 2 N–H and O–H groups in total. The summed E-state index contributed by atoms with van der Waals surface area (Å²) in [6.07, 6.45) is 64.0. The summed E-state index contributed by atoms with van der Waals surface area (Å²) >= 11 is 0. The number of rotatable bonds is 54. The van der Waals surface area contributed by atoms with Crippen LogP contribution in [0.3, 0.4) is 0 Å². The molecule has 0 aromatic rings. The number of aliphatic hydroxyl groups is 1. The van der Waals surface area contributed by atoms with Crippen LogP contribution < -0.4 is 0 Å². The summed E-state index contributed by atoms with van der Waals surface area (Å²) in [5.41, 5.74) is 0. The Morgan fingerprint density at radius 2 is 0.703 bits per heavy atom. The van der Waals surface area contributed by atoms with Crippen LogP contribution in [0.5, 0.6) is 0 Å². The van der Waals surface area contributed by atoms with Crippen LogP contribution in [0.4, 0.5) is 0 Å². The summed E-state index contributed by atoms with van der Waals surface area (Å²) in [5.74, 6) is -1.53. The first kappa shape index (κ1) is 70.7. The monoisotopic (exact) mass is 1060 g/mol. The van der Waals surface area contributed by atoms with Gasteiger partial charge in [-0.05, 0) is 89.9 Å². The predicted molar refractivity (Wildman–Crippen MR) is 307 cm³/mol. The van der Waals surface area contributed by atoms with Gasteiger partial charge < -0.3 is 24.2 Å². The van der Waals surface area contributed by atoms with Crippen LogP contribution >= 0.6 is 7.82 Å². The molecule has 74 heavy (non-hydrogen) atoms. The van der Waals surface area contributed by atoms with Crippen LogP contribution in [0.1, 0.15) is 252 Å². The van der Waals surface area contributed by atoms with Crippen LogP contribution in [0, 0.1) is 0 Å². The SMILES string of the molecule is CC/C=C\C/C=C\C/C=C\C/C=C\CCCCC(=O)OC(COC(=O)CCCCCCCCCCCCCCCCCCC)COP(=O)(O)OCC(CO)OC(=O)CCCCCCC/C=C\C/C=C\C/C=C\CC. The number of hydrogen-bond acceptors (Lipinski definition) is 10. The van der Waals surface area contributed by atoms with Crippen LogP contribution in [-0.2, 0) is 42.2 Å². The third-order valence-electron chi connectivity index (χ3n) is 12.3. The standard InChI is InChI=1S/C62H107O11P/c1-4-7-10-13-16-19-22-25-28-29-32-33-36-39-42-45-48-51-60(64)69-55-59(73-62(66)53-50-47-44-41-38-35-31-27-24-21-18-15-12-9-6-3)57-71-74(67,68)70-56-58(54-63)72-61(65)52-49-46-43-40-37-34-30-26-23-20-17-14-11-8-5-2/h8-9,11-12,17-18,20-21,26-27,30-31,38,41,58-59,63H,4-7,10,13-16,19,22-25,28-29,32-37,39-40,42-57H2,1-3H3,(H,67,68)/b11-8-,12-9-,20-17-,21-18-,30-26-,31-27-,41-38-. The minimum atomic E-state index is -4.77. The van der Waals surface area contributed by atoms with Gasteiger partial charge in [0.15, 0.2) is 6.10 Å². The quantitative estimate of drug-likeness (QED) is 0.0197. The third-order valence-corrected chi connectivity index (χ3v) is 13.3. The molecular formula is C62H107O11P. The minimum Gasteiger partial charge on any atom is -0.462 e. The Morgan fingerprint density at radius 3 is 1.11 bits per heavy atom. The van der Waals surface area contributed by atoms with Gasteiger partial charge in [-0.1, -0.05) is 228 Å². The summed E-state index contributed by atoms with van der Waals surface area (Å²) in [4.78, 5) is 48.6. The second kappa shape index (κ2) is 55.9. The molecule has 0 radical (unpaired) electrons. The van der Waals surface area contributed by atoms with Crippen molar-refractivity contribution >= 4 is 25.7 Å². The number of esters is 3. The first-order chi connectivity index (χ1) is 36.2. The van der Waals surface area contributed by atoms with Gasteiger partial charge in [-0.25, -0.2) is 4.57 Å². The molecule has 0 spiro atoms. The van der Waals surface area contributed by atoms with Gasteiger partial charge >= 0.3 is 25.7 Å². The fraction of sp³-hybridized carbons (Fsp3) is 0.726. The zero-order chi connectivity index (χ0) is 54.1. The number of hydrogen-bond donors (Lipinski definition) is 2. The minimum absolute atomic E-state index is 0.113. The van der Waals surface area contributed by atoms with E-state index in [-0.39, 0.29) is 25.9 Å². The van der Waals surface area contributed by atoms with Gasteiger partial charge in [-0.15, -0.1) is 0 Å². The number of carbonyl (C=O) groups is 3. The molecule has 0 rings (SSSR count). The molecule has 0 saturated heterocycles. The van der Waals surface area contributed by atoms with E-state index in [0.717, 1.165) is 109 Å². The van der Waals surface area contributed by atoms with Gasteiger partial charge in [0, 0.05) is 19.3 Å². The number of carbonyl (C=O) groups excluding carboxylic acids is 3. The lowest BCUT2D eigenvalue weighted by Crippen LogP contribution is -2.30. The van der Waals surface area contributed by atoms with Crippen molar-refractivity contribution in [2.75, 3.05) is 26.4 Å². The van der Waals surface area contributed by atoms with Crippen molar-refractivity contribution in [3.8, 4) is 0 Å². The lowest BCUT2D eigenvalue weighted by molar-refractivity contribution is -0.161. The van der Waals surface area contributed by atoms with Crippen LogP contribution in [0.25, 0.3) is 0 Å². The first-order valence-corrected chi connectivity index (χ1v) is 31.0. The Balaban J connectivity index is 4.76. The molecule has 0 aliphatic rings. The Hall–Kier alpha value is -3.34. The molecule has 0 aromatic carbocycles. The van der Waals surface area contributed by atoms with Gasteiger partial charge in [0.05, 0.1) is 19.8 Å². The van der Waals surface area contributed by atoms with Gasteiger partial charge in [0.25, 0.3) is 0 Å². The third kappa shape index (κ3) is 53.5. The maximum atomic E-state index is 12.9. The van der Waals surface area contributed by atoms with Gasteiger partial charge in [-0.3, -0.25) is 23.4 Å². The van der Waals surface area contributed by atoms with E-state index in [9.17, 15) is 28.9 Å². The molecule has 0 aromatic heterocycles. The Kier molecular flexibility index (Phi) is 53.4. The van der Waals surface area contributed by atoms with E-state index in [1.54, 1.807) is 0 Å². The van der Waals surface area contributed by atoms with Crippen molar-refractivity contribution in [1.29, 1.82) is 0 Å². The summed E-state index contributed by atoms with van der Waals surface area (Å²) in [6, 6.07) is 0. The summed E-state index contributed by atoms with van der Waals surface area (Å²) in [5, 5.41) is 9.82. The molecule has 0 heterocycles. The molecular weight excluding hydrogens is 952 g/mol. The lowest BCUT2D eigenvalue weighted by atomic mass is 10.0. The fourth-order valence-electron chi connectivity index (χ4n) is 7.89. The molecule has 3 atom stereocenters. The highest BCUT2D eigenvalue weighted by Gasteiger charge is 2.28. The molecule has 0 aliphatic carbocycles. The van der Waals surface area contributed by atoms with Gasteiger partial charge in [0.2, 0.25) is 0 Å². The molecule has 12 heteroatoms. The normalized spacial score (nSPS) is 14.0. The summed E-state index contributed by atoms with van der Waals surface area (Å²) < 4.78 is 39.5. The predicted octanol–water partition coefficient (Wildman–Crippen LogP) is 17.5. The number of phosphoric ester groups is 1. The zero-order valence-electron chi connectivity index (χ0n) is 47.0. The van der Waals surface area contributed by atoms with Crippen molar-refractivity contribution in [1.82, 2.24) is 0 Å². The molecule has 426 valence electrons. The van der Waals surface area contributed by atoms with Crippen molar-refractivity contribution in [3.05, 3.63) is 85.1 Å². The Bertz CT molecular complexity index is 1560. The van der Waals surface area contributed by atoms with Gasteiger partial charge in [0.1, 0.15) is 12.7 Å². The van der Waals surface area contributed by atoms with E-state index in [2.05, 4.69) is 106 Å². The maximum absolute atomic E-state index is 12.9. The van der Waals surface area contributed by atoms with E-state index in [0.29, 0.717) is 19.3 Å². The van der Waals surface area contributed by atoms with Crippen molar-refractivity contribution in [2.24, 2.45) is 0 Å². The number of aliphatic hydroxyl groups excluding tert-OH is 1. The molecule has 0 saturated carbocycles. The highest BCUT2D eigenvalue weighted by atomic mass is 31.2. The van der Waals surface area contributed by atoms with Crippen LogP contribution in [0.15, 0.2) is 85.1 Å². The zero-order valence-corrected chi connectivity index (χ0v) is 47.9. The lowest BCUT2D eigenvalue weighted by Gasteiger charge is -2.21. The fourth-order valence-corrected chi connectivity index (χ4v) is 8.68. The van der Waals surface area contributed by atoms with Crippen molar-refractivity contribution < 1.29 is 52.2 Å². The topological polar surface area (TPSA) is 155 Å².